The Morgan fingerprint density at radius 3 is 2.80 bits per heavy atom. The predicted molar refractivity (Wildman–Crippen MR) is 79.1 cm³/mol. The number of rotatable bonds is 6. The van der Waals surface area contributed by atoms with Crippen molar-refractivity contribution in [3.63, 3.8) is 0 Å². The summed E-state index contributed by atoms with van der Waals surface area (Å²) in [5, 5.41) is 13.3. The largest absolute Gasteiger partial charge is 0.480 e. The van der Waals surface area contributed by atoms with Gasteiger partial charge in [-0.25, -0.2) is 0 Å². The van der Waals surface area contributed by atoms with E-state index in [0.29, 0.717) is 13.1 Å². The fraction of sp³-hybridized carbons (Fsp3) is 0.286. The molecule has 106 valence electrons. The second-order valence-electron chi connectivity index (χ2n) is 4.65. The minimum Gasteiger partial charge on any atom is -0.480 e. The van der Waals surface area contributed by atoms with Crippen LogP contribution in [0.25, 0.3) is 0 Å². The van der Waals surface area contributed by atoms with Crippen LogP contribution in [0.15, 0.2) is 41.0 Å². The minimum atomic E-state index is -0.837. The molecule has 0 saturated heterocycles. The average molecular weight is 338 g/mol. The van der Waals surface area contributed by atoms with Crippen molar-refractivity contribution in [2.75, 3.05) is 6.54 Å². The molecule has 0 amide bonds. The van der Waals surface area contributed by atoms with Gasteiger partial charge in [-0.3, -0.25) is 14.4 Å². The van der Waals surface area contributed by atoms with E-state index >= 15 is 0 Å². The van der Waals surface area contributed by atoms with Gasteiger partial charge in [0, 0.05) is 30.8 Å². The molecule has 1 N–H and O–H groups in total. The van der Waals surface area contributed by atoms with Gasteiger partial charge in [0.1, 0.15) is 0 Å². The van der Waals surface area contributed by atoms with E-state index in [1.807, 2.05) is 48.5 Å². The van der Waals surface area contributed by atoms with Crippen LogP contribution in [0.3, 0.4) is 0 Å². The van der Waals surface area contributed by atoms with Crippen LogP contribution in [-0.4, -0.2) is 32.3 Å². The molecule has 0 spiro atoms. The lowest BCUT2D eigenvalue weighted by Gasteiger charge is -2.19. The second-order valence-corrected chi connectivity index (χ2v) is 5.57. The number of aromatic nitrogens is 2. The molecule has 0 atom stereocenters. The molecule has 5 nitrogen and oxygen atoms in total. The number of hydrogen-bond acceptors (Lipinski definition) is 3. The highest BCUT2D eigenvalue weighted by Gasteiger charge is 2.12. The number of carboxylic acid groups (broad SMARTS) is 1. The van der Waals surface area contributed by atoms with E-state index in [1.54, 1.807) is 4.68 Å². The van der Waals surface area contributed by atoms with Gasteiger partial charge >= 0.3 is 5.97 Å². The van der Waals surface area contributed by atoms with E-state index in [-0.39, 0.29) is 6.54 Å². The Morgan fingerprint density at radius 2 is 2.20 bits per heavy atom. The molecule has 0 unspecified atom stereocenters. The Kier molecular flexibility index (Phi) is 4.92. The lowest BCUT2D eigenvalue weighted by molar-refractivity contribution is -0.138. The minimum absolute atomic E-state index is 0.0108. The van der Waals surface area contributed by atoms with Crippen LogP contribution < -0.4 is 0 Å². The predicted octanol–water partition coefficient (Wildman–Crippen LogP) is 2.27. The summed E-state index contributed by atoms with van der Waals surface area (Å²) >= 11 is 3.42. The smallest absolute Gasteiger partial charge is 0.317 e. The molecule has 1 heterocycles. The molecule has 0 aliphatic carbocycles. The fourth-order valence-corrected chi connectivity index (χ4v) is 2.48. The van der Waals surface area contributed by atoms with Gasteiger partial charge in [-0.1, -0.05) is 28.1 Å². The Morgan fingerprint density at radius 1 is 1.40 bits per heavy atom. The summed E-state index contributed by atoms with van der Waals surface area (Å²) in [5.74, 6) is -0.837. The maximum atomic E-state index is 11.0. The lowest BCUT2D eigenvalue weighted by Crippen LogP contribution is -2.29. The highest BCUT2D eigenvalue weighted by Crippen LogP contribution is 2.14. The maximum absolute atomic E-state index is 11.0. The topological polar surface area (TPSA) is 58.4 Å². The summed E-state index contributed by atoms with van der Waals surface area (Å²) in [6.07, 6.45) is 1.85. The Hall–Kier alpha value is -1.66. The van der Waals surface area contributed by atoms with E-state index in [4.69, 9.17) is 5.11 Å². The van der Waals surface area contributed by atoms with Gasteiger partial charge in [-0.15, -0.1) is 0 Å². The van der Waals surface area contributed by atoms with Crippen molar-refractivity contribution >= 4 is 21.9 Å². The molecule has 0 fully saturated rings. The number of aryl methyl sites for hydroxylation is 1. The number of halogens is 1. The molecule has 0 aliphatic rings. The Bertz CT molecular complexity index is 598. The van der Waals surface area contributed by atoms with Crippen molar-refractivity contribution in [3.8, 4) is 0 Å². The van der Waals surface area contributed by atoms with E-state index in [0.717, 1.165) is 15.7 Å². The molecule has 0 radical (unpaired) electrons. The molecule has 0 bridgehead atoms. The molecule has 0 aliphatic heterocycles. The quantitative estimate of drug-likeness (QED) is 0.878. The van der Waals surface area contributed by atoms with Crippen molar-refractivity contribution in [2.24, 2.45) is 7.05 Å². The third-order valence-electron chi connectivity index (χ3n) is 2.81. The molecule has 6 heteroatoms. The van der Waals surface area contributed by atoms with Crippen LogP contribution in [0, 0.1) is 0 Å². The summed E-state index contributed by atoms with van der Waals surface area (Å²) in [6, 6.07) is 9.77. The SMILES string of the molecule is Cn1ccc(CN(CC(=O)O)Cc2cccc(Br)c2)n1. The first-order chi connectivity index (χ1) is 9.52. The zero-order chi connectivity index (χ0) is 14.5. The van der Waals surface area contributed by atoms with E-state index < -0.39 is 5.97 Å². The van der Waals surface area contributed by atoms with Crippen LogP contribution in [-0.2, 0) is 24.9 Å². The monoisotopic (exact) mass is 337 g/mol. The summed E-state index contributed by atoms with van der Waals surface area (Å²) in [6.45, 7) is 1.07. The molecular formula is C14H16BrN3O2. The van der Waals surface area contributed by atoms with Gasteiger partial charge in [0.05, 0.1) is 12.2 Å². The fourth-order valence-electron chi connectivity index (χ4n) is 2.03. The molecule has 0 saturated carbocycles. The number of benzene rings is 1. The first-order valence-electron chi connectivity index (χ1n) is 6.20. The van der Waals surface area contributed by atoms with Gasteiger partial charge in [0.15, 0.2) is 0 Å². The molecule has 1 aromatic heterocycles. The number of carboxylic acids is 1. The molecular weight excluding hydrogens is 322 g/mol. The Labute approximate surface area is 126 Å². The van der Waals surface area contributed by atoms with Crippen LogP contribution in [0.4, 0.5) is 0 Å². The van der Waals surface area contributed by atoms with E-state index in [9.17, 15) is 4.79 Å². The highest BCUT2D eigenvalue weighted by molar-refractivity contribution is 9.10. The summed E-state index contributed by atoms with van der Waals surface area (Å²) in [7, 11) is 1.85. The summed E-state index contributed by atoms with van der Waals surface area (Å²) < 4.78 is 2.70. The van der Waals surface area contributed by atoms with Gasteiger partial charge < -0.3 is 5.11 Å². The number of carbonyl (C=O) groups is 1. The van der Waals surface area contributed by atoms with Crippen molar-refractivity contribution in [1.29, 1.82) is 0 Å². The molecule has 2 rings (SSSR count). The average Bonchev–Trinajstić information content (AvgIpc) is 2.73. The van der Waals surface area contributed by atoms with Crippen LogP contribution in [0.2, 0.25) is 0 Å². The molecule has 20 heavy (non-hydrogen) atoms. The number of aliphatic carboxylic acids is 1. The second kappa shape index (κ2) is 6.67. The van der Waals surface area contributed by atoms with Crippen molar-refractivity contribution < 1.29 is 9.90 Å². The van der Waals surface area contributed by atoms with Gasteiger partial charge in [0.25, 0.3) is 0 Å². The first kappa shape index (κ1) is 14.7. The number of hydrogen-bond donors (Lipinski definition) is 1. The zero-order valence-corrected chi connectivity index (χ0v) is 12.7. The zero-order valence-electron chi connectivity index (χ0n) is 11.2. The van der Waals surface area contributed by atoms with Gasteiger partial charge in [0.2, 0.25) is 0 Å². The van der Waals surface area contributed by atoms with Crippen LogP contribution in [0.5, 0.6) is 0 Å². The highest BCUT2D eigenvalue weighted by atomic mass is 79.9. The first-order valence-corrected chi connectivity index (χ1v) is 6.99. The molecule has 1 aromatic carbocycles. The third kappa shape index (κ3) is 4.47. The van der Waals surface area contributed by atoms with Crippen LogP contribution in [0.1, 0.15) is 11.3 Å². The van der Waals surface area contributed by atoms with E-state index in [1.165, 1.54) is 0 Å². The maximum Gasteiger partial charge on any atom is 0.317 e. The standard InChI is InChI=1S/C14H16BrN3O2/c1-17-6-5-13(16-17)9-18(10-14(19)20)8-11-3-2-4-12(15)7-11/h2-7H,8-10H2,1H3,(H,19,20). The Balaban J connectivity index is 2.09. The normalized spacial score (nSPS) is 10.9. The van der Waals surface area contributed by atoms with E-state index in [2.05, 4.69) is 21.0 Å². The lowest BCUT2D eigenvalue weighted by atomic mass is 10.2. The van der Waals surface area contributed by atoms with Crippen molar-refractivity contribution in [3.05, 3.63) is 52.3 Å². The van der Waals surface area contributed by atoms with Crippen molar-refractivity contribution in [1.82, 2.24) is 14.7 Å². The van der Waals surface area contributed by atoms with Gasteiger partial charge in [-0.2, -0.15) is 5.10 Å². The van der Waals surface area contributed by atoms with Crippen molar-refractivity contribution in [2.45, 2.75) is 13.1 Å². The molecule has 2 aromatic rings. The number of nitrogens with zero attached hydrogens (tertiary/aromatic N) is 3. The summed E-state index contributed by atoms with van der Waals surface area (Å²) in [4.78, 5) is 12.8. The summed E-state index contributed by atoms with van der Waals surface area (Å²) in [5.41, 5.74) is 1.93. The van der Waals surface area contributed by atoms with Crippen LogP contribution >= 0.6 is 15.9 Å². The van der Waals surface area contributed by atoms with Gasteiger partial charge in [-0.05, 0) is 23.8 Å². The third-order valence-corrected chi connectivity index (χ3v) is 3.30.